The van der Waals surface area contributed by atoms with E-state index in [1.165, 1.54) is 0 Å². The van der Waals surface area contributed by atoms with Gasteiger partial charge < -0.3 is 10.8 Å². The predicted octanol–water partition coefficient (Wildman–Crippen LogP) is 2.25. The molecule has 4 heteroatoms. The number of hydrogen-bond acceptors (Lipinski definition) is 3. The minimum Gasteiger partial charge on any atom is -0.508 e. The molecular weight excluding hydrogens is 214 g/mol. The zero-order valence-corrected chi connectivity index (χ0v) is 9.73. The van der Waals surface area contributed by atoms with Gasteiger partial charge in [0.05, 0.1) is 5.56 Å². The van der Waals surface area contributed by atoms with Crippen LogP contribution in [0.15, 0.2) is 24.3 Å². The van der Waals surface area contributed by atoms with E-state index in [0.29, 0.717) is 11.4 Å². The fraction of sp³-hybridized carbons (Fsp3) is 0.154. The van der Waals surface area contributed by atoms with Gasteiger partial charge >= 0.3 is 0 Å². The summed E-state index contributed by atoms with van der Waals surface area (Å²) in [5.74, 6) is 0.641. The van der Waals surface area contributed by atoms with Crippen molar-refractivity contribution in [3.05, 3.63) is 41.1 Å². The molecule has 86 valence electrons. The average Bonchev–Trinajstić information content (AvgIpc) is 2.52. The van der Waals surface area contributed by atoms with Crippen molar-refractivity contribution >= 4 is 5.82 Å². The minimum absolute atomic E-state index is 0.203. The molecule has 0 fully saturated rings. The maximum atomic E-state index is 9.26. The number of aromatic hydroxyl groups is 1. The van der Waals surface area contributed by atoms with Crippen LogP contribution in [0, 0.1) is 25.2 Å². The Morgan fingerprint density at radius 2 is 1.82 bits per heavy atom. The molecule has 1 heterocycles. The van der Waals surface area contributed by atoms with Gasteiger partial charge in [-0.3, -0.25) is 4.57 Å². The Hall–Kier alpha value is -2.41. The quantitative estimate of drug-likeness (QED) is 0.784. The lowest BCUT2D eigenvalue weighted by atomic mass is 10.2. The zero-order chi connectivity index (χ0) is 12.6. The standard InChI is InChI=1S/C13H13N3O/c1-8-9(2)16(13(15)12(8)7-14)10-3-5-11(17)6-4-10/h3-6,17H,15H2,1-2H3. The second-order valence-corrected chi connectivity index (χ2v) is 3.93. The second kappa shape index (κ2) is 3.87. The number of nitriles is 1. The van der Waals surface area contributed by atoms with E-state index in [1.54, 1.807) is 24.3 Å². The number of phenols is 1. The number of rotatable bonds is 1. The maximum absolute atomic E-state index is 9.26. The molecule has 0 spiro atoms. The van der Waals surface area contributed by atoms with Gasteiger partial charge in [0.25, 0.3) is 0 Å². The van der Waals surface area contributed by atoms with Gasteiger partial charge in [-0.2, -0.15) is 5.26 Å². The summed E-state index contributed by atoms with van der Waals surface area (Å²) in [5.41, 5.74) is 9.13. The van der Waals surface area contributed by atoms with Crippen LogP contribution < -0.4 is 5.73 Å². The largest absolute Gasteiger partial charge is 0.508 e. The van der Waals surface area contributed by atoms with Crippen molar-refractivity contribution in [2.45, 2.75) is 13.8 Å². The molecule has 0 aliphatic heterocycles. The van der Waals surface area contributed by atoms with Crippen molar-refractivity contribution in [2.24, 2.45) is 0 Å². The number of nitrogens with zero attached hydrogens (tertiary/aromatic N) is 2. The lowest BCUT2D eigenvalue weighted by Crippen LogP contribution is -2.02. The average molecular weight is 227 g/mol. The van der Waals surface area contributed by atoms with Crippen LogP contribution in [0.1, 0.15) is 16.8 Å². The Balaban J connectivity index is 2.69. The van der Waals surface area contributed by atoms with E-state index in [1.807, 2.05) is 18.4 Å². The first-order chi connectivity index (χ1) is 8.06. The molecule has 0 bridgehead atoms. The number of nitrogen functional groups attached to an aromatic ring is 1. The van der Waals surface area contributed by atoms with Gasteiger partial charge in [0.1, 0.15) is 17.6 Å². The lowest BCUT2D eigenvalue weighted by molar-refractivity contribution is 0.475. The van der Waals surface area contributed by atoms with Gasteiger partial charge in [-0.1, -0.05) is 0 Å². The smallest absolute Gasteiger partial charge is 0.126 e. The van der Waals surface area contributed by atoms with Crippen LogP contribution in [0.3, 0.4) is 0 Å². The molecule has 0 saturated carbocycles. The van der Waals surface area contributed by atoms with Gasteiger partial charge in [0.2, 0.25) is 0 Å². The number of phenolic OH excluding ortho intramolecular Hbond substituents is 1. The highest BCUT2D eigenvalue weighted by molar-refractivity contribution is 5.62. The molecule has 17 heavy (non-hydrogen) atoms. The molecule has 2 aromatic rings. The highest BCUT2D eigenvalue weighted by atomic mass is 16.3. The third kappa shape index (κ3) is 1.62. The summed E-state index contributed by atoms with van der Waals surface area (Å²) in [4.78, 5) is 0. The van der Waals surface area contributed by atoms with Crippen LogP contribution in [-0.2, 0) is 0 Å². The van der Waals surface area contributed by atoms with E-state index in [-0.39, 0.29) is 5.75 Å². The Morgan fingerprint density at radius 3 is 2.29 bits per heavy atom. The minimum atomic E-state index is 0.203. The van der Waals surface area contributed by atoms with Gasteiger partial charge in [-0.25, -0.2) is 0 Å². The molecule has 0 aliphatic rings. The summed E-state index contributed by atoms with van der Waals surface area (Å²) >= 11 is 0. The van der Waals surface area contributed by atoms with Crippen molar-refractivity contribution in [3.8, 4) is 17.5 Å². The van der Waals surface area contributed by atoms with Gasteiger partial charge in [0, 0.05) is 11.4 Å². The first-order valence-electron chi connectivity index (χ1n) is 5.23. The Kier molecular flexibility index (Phi) is 2.52. The number of aromatic nitrogens is 1. The monoisotopic (exact) mass is 227 g/mol. The fourth-order valence-corrected chi connectivity index (χ4v) is 1.91. The molecule has 0 amide bonds. The van der Waals surface area contributed by atoms with Crippen molar-refractivity contribution in [1.82, 2.24) is 4.57 Å². The van der Waals surface area contributed by atoms with Crippen LogP contribution in [0.5, 0.6) is 5.75 Å². The highest BCUT2D eigenvalue weighted by Gasteiger charge is 2.15. The van der Waals surface area contributed by atoms with Crippen LogP contribution in [-0.4, -0.2) is 9.67 Å². The van der Waals surface area contributed by atoms with E-state index in [4.69, 9.17) is 11.0 Å². The number of hydrogen-bond donors (Lipinski definition) is 2. The van der Waals surface area contributed by atoms with Crippen LogP contribution in [0.25, 0.3) is 5.69 Å². The molecule has 3 N–H and O–H groups in total. The van der Waals surface area contributed by atoms with E-state index >= 15 is 0 Å². The molecule has 1 aromatic heterocycles. The Morgan fingerprint density at radius 1 is 1.24 bits per heavy atom. The predicted molar refractivity (Wildman–Crippen MR) is 66.0 cm³/mol. The highest BCUT2D eigenvalue weighted by Crippen LogP contribution is 2.27. The molecule has 4 nitrogen and oxygen atoms in total. The summed E-state index contributed by atoms with van der Waals surface area (Å²) in [6.07, 6.45) is 0. The summed E-state index contributed by atoms with van der Waals surface area (Å²) in [7, 11) is 0. The molecule has 0 saturated heterocycles. The first kappa shape index (κ1) is 11.1. The Labute approximate surface area is 99.5 Å². The molecule has 1 aromatic carbocycles. The van der Waals surface area contributed by atoms with Crippen molar-refractivity contribution in [3.63, 3.8) is 0 Å². The van der Waals surface area contributed by atoms with E-state index in [9.17, 15) is 5.11 Å². The molecule has 0 radical (unpaired) electrons. The third-order valence-electron chi connectivity index (χ3n) is 2.97. The Bertz CT molecular complexity index is 603. The summed E-state index contributed by atoms with van der Waals surface area (Å²) in [6, 6.07) is 8.82. The zero-order valence-electron chi connectivity index (χ0n) is 9.73. The molecule has 0 aliphatic carbocycles. The summed E-state index contributed by atoms with van der Waals surface area (Å²) in [5, 5.41) is 18.3. The third-order valence-corrected chi connectivity index (χ3v) is 2.97. The van der Waals surface area contributed by atoms with Crippen LogP contribution in [0.4, 0.5) is 5.82 Å². The molecule has 0 unspecified atom stereocenters. The van der Waals surface area contributed by atoms with Gasteiger partial charge in [0.15, 0.2) is 0 Å². The molecule has 2 rings (SSSR count). The van der Waals surface area contributed by atoms with Crippen LogP contribution in [0.2, 0.25) is 0 Å². The normalized spacial score (nSPS) is 10.2. The molecular formula is C13H13N3O. The van der Waals surface area contributed by atoms with Gasteiger partial charge in [-0.05, 0) is 43.7 Å². The van der Waals surface area contributed by atoms with E-state index < -0.39 is 0 Å². The first-order valence-corrected chi connectivity index (χ1v) is 5.23. The van der Waals surface area contributed by atoms with Crippen molar-refractivity contribution in [2.75, 3.05) is 5.73 Å². The fourth-order valence-electron chi connectivity index (χ4n) is 1.91. The van der Waals surface area contributed by atoms with E-state index in [0.717, 1.165) is 16.9 Å². The SMILES string of the molecule is Cc1c(C#N)c(N)n(-c2ccc(O)cc2)c1C. The summed E-state index contributed by atoms with van der Waals surface area (Å²) < 4.78 is 1.81. The lowest BCUT2D eigenvalue weighted by Gasteiger charge is -2.08. The number of anilines is 1. The number of nitrogens with two attached hydrogens (primary N) is 1. The second-order valence-electron chi connectivity index (χ2n) is 3.93. The van der Waals surface area contributed by atoms with E-state index in [2.05, 4.69) is 6.07 Å². The summed E-state index contributed by atoms with van der Waals surface area (Å²) in [6.45, 7) is 3.79. The van der Waals surface area contributed by atoms with Gasteiger partial charge in [-0.15, -0.1) is 0 Å². The van der Waals surface area contributed by atoms with Crippen LogP contribution >= 0.6 is 0 Å². The van der Waals surface area contributed by atoms with Crippen molar-refractivity contribution in [1.29, 1.82) is 5.26 Å². The van der Waals surface area contributed by atoms with Crippen molar-refractivity contribution < 1.29 is 5.11 Å². The maximum Gasteiger partial charge on any atom is 0.126 e. The topological polar surface area (TPSA) is 75.0 Å². The molecule has 0 atom stereocenters. The number of benzene rings is 1.